The van der Waals surface area contributed by atoms with E-state index in [0.29, 0.717) is 16.5 Å². The number of carbonyl (C=O) groups excluding carboxylic acids is 4. The van der Waals surface area contributed by atoms with Crippen LogP contribution < -0.4 is 10.2 Å². The van der Waals surface area contributed by atoms with Crippen molar-refractivity contribution in [3.8, 4) is 16.9 Å². The summed E-state index contributed by atoms with van der Waals surface area (Å²) in [4.78, 5) is 60.6. The molecule has 216 valence electrons. The van der Waals surface area contributed by atoms with Gasteiger partial charge in [-0.1, -0.05) is 30.3 Å². The third-order valence-corrected chi connectivity index (χ3v) is 6.03. The molecule has 4 rings (SSSR count). The molecule has 0 radical (unpaired) electrons. The van der Waals surface area contributed by atoms with Crippen LogP contribution in [0.1, 0.15) is 27.7 Å². The molecule has 1 aliphatic rings. The van der Waals surface area contributed by atoms with Crippen molar-refractivity contribution in [2.24, 2.45) is 0 Å². The molecular weight excluding hydrogens is 540 g/mol. The maximum absolute atomic E-state index is 13.1. The molecule has 3 aromatic rings. The highest BCUT2D eigenvalue weighted by atomic mass is 16.7. The molecule has 0 amide bonds. The molecule has 12 heteroatoms. The summed E-state index contributed by atoms with van der Waals surface area (Å²) in [6, 6.07) is 13.5. The Morgan fingerprint density at radius 1 is 0.780 bits per heavy atom. The fourth-order valence-corrected chi connectivity index (χ4v) is 4.42. The third-order valence-electron chi connectivity index (χ3n) is 6.03. The number of carbonyl (C=O) groups is 4. The zero-order valence-corrected chi connectivity index (χ0v) is 22.7. The topological polar surface area (TPSA) is 154 Å². The lowest BCUT2D eigenvalue weighted by atomic mass is 9.98. The number of hydrogen-bond donors (Lipinski definition) is 0. The highest BCUT2D eigenvalue weighted by Gasteiger charge is 2.53. The van der Waals surface area contributed by atoms with E-state index in [9.17, 15) is 24.0 Å². The molecule has 1 saturated heterocycles. The summed E-state index contributed by atoms with van der Waals surface area (Å²) in [5, 5.41) is 0.292. The van der Waals surface area contributed by atoms with Gasteiger partial charge in [0.1, 0.15) is 30.3 Å². The predicted octanol–water partition coefficient (Wildman–Crippen LogP) is 2.92. The molecule has 0 saturated carbocycles. The lowest BCUT2D eigenvalue weighted by Gasteiger charge is -2.43. The van der Waals surface area contributed by atoms with Crippen LogP contribution >= 0.6 is 0 Å². The van der Waals surface area contributed by atoms with Gasteiger partial charge < -0.3 is 32.8 Å². The van der Waals surface area contributed by atoms with Gasteiger partial charge in [-0.25, -0.2) is 0 Å². The Kier molecular flexibility index (Phi) is 9.03. The van der Waals surface area contributed by atoms with Gasteiger partial charge in [-0.15, -0.1) is 0 Å². The first-order valence-corrected chi connectivity index (χ1v) is 12.6. The Morgan fingerprint density at radius 2 is 1.41 bits per heavy atom. The quantitative estimate of drug-likeness (QED) is 0.290. The van der Waals surface area contributed by atoms with Crippen molar-refractivity contribution in [2.75, 3.05) is 6.61 Å². The number of ether oxygens (including phenoxy) is 6. The zero-order valence-electron chi connectivity index (χ0n) is 22.7. The van der Waals surface area contributed by atoms with E-state index >= 15 is 0 Å². The van der Waals surface area contributed by atoms with Crippen LogP contribution in [0.25, 0.3) is 22.1 Å². The highest BCUT2D eigenvalue weighted by molar-refractivity contribution is 5.82. The lowest BCUT2D eigenvalue weighted by molar-refractivity contribution is -0.288. The van der Waals surface area contributed by atoms with Crippen molar-refractivity contribution in [1.82, 2.24) is 0 Å². The smallest absolute Gasteiger partial charge is 0.303 e. The van der Waals surface area contributed by atoms with Gasteiger partial charge in [0.2, 0.25) is 12.4 Å². The standard InChI is InChI=1S/C29H28O12/c1-15(30)35-14-24-26(37-16(2)31)27(38-17(3)32)28(39-18(4)33)29(41-24)40-20-10-11-21-23(12-20)36-13-22(25(21)34)19-8-6-5-7-9-19/h5-13,24,26-29H,14H2,1-4H3/t24-,26-,27+,28+,29-/m1/s1. The van der Waals surface area contributed by atoms with Gasteiger partial charge in [0.05, 0.1) is 10.9 Å². The number of rotatable bonds is 8. The van der Waals surface area contributed by atoms with Crippen molar-refractivity contribution in [2.45, 2.75) is 58.4 Å². The summed E-state index contributed by atoms with van der Waals surface area (Å²) in [6.45, 7) is 4.16. The zero-order chi connectivity index (χ0) is 29.7. The van der Waals surface area contributed by atoms with Crippen LogP contribution in [0.5, 0.6) is 5.75 Å². The first kappa shape index (κ1) is 29.3. The van der Waals surface area contributed by atoms with Crippen LogP contribution in [0, 0.1) is 0 Å². The molecule has 12 nitrogen and oxygen atoms in total. The maximum Gasteiger partial charge on any atom is 0.303 e. The van der Waals surface area contributed by atoms with E-state index in [1.165, 1.54) is 31.4 Å². The highest BCUT2D eigenvalue weighted by Crippen LogP contribution is 2.32. The minimum Gasteiger partial charge on any atom is -0.463 e. The minimum atomic E-state index is -1.43. The van der Waals surface area contributed by atoms with Gasteiger partial charge in [-0.3, -0.25) is 24.0 Å². The van der Waals surface area contributed by atoms with Gasteiger partial charge in [0.15, 0.2) is 17.6 Å². The molecule has 1 aliphatic heterocycles. The Balaban J connectivity index is 1.70. The number of hydrogen-bond acceptors (Lipinski definition) is 12. The minimum absolute atomic E-state index is 0.147. The van der Waals surface area contributed by atoms with Crippen molar-refractivity contribution in [3.05, 3.63) is 65.0 Å². The summed E-state index contributed by atoms with van der Waals surface area (Å²) in [7, 11) is 0. The molecule has 0 aliphatic carbocycles. The maximum atomic E-state index is 13.1. The predicted molar refractivity (Wildman–Crippen MR) is 141 cm³/mol. The first-order valence-electron chi connectivity index (χ1n) is 12.6. The van der Waals surface area contributed by atoms with Crippen molar-refractivity contribution < 1.29 is 52.0 Å². The Bertz CT molecular complexity index is 1490. The van der Waals surface area contributed by atoms with Crippen molar-refractivity contribution in [3.63, 3.8) is 0 Å². The molecule has 0 unspecified atom stereocenters. The molecule has 2 aromatic carbocycles. The van der Waals surface area contributed by atoms with Crippen LogP contribution in [0.2, 0.25) is 0 Å². The molecule has 1 aromatic heterocycles. The van der Waals surface area contributed by atoms with Gasteiger partial charge in [-0.2, -0.15) is 0 Å². The van der Waals surface area contributed by atoms with Gasteiger partial charge in [-0.05, 0) is 17.7 Å². The van der Waals surface area contributed by atoms with E-state index in [-0.39, 0.29) is 16.8 Å². The van der Waals surface area contributed by atoms with Crippen LogP contribution in [0.15, 0.2) is 64.0 Å². The second-order valence-corrected chi connectivity index (χ2v) is 9.19. The molecule has 0 N–H and O–H groups in total. The van der Waals surface area contributed by atoms with E-state index in [1.807, 2.05) is 18.2 Å². The number of benzene rings is 2. The van der Waals surface area contributed by atoms with E-state index in [0.717, 1.165) is 20.8 Å². The largest absolute Gasteiger partial charge is 0.463 e. The van der Waals surface area contributed by atoms with Crippen molar-refractivity contribution in [1.29, 1.82) is 0 Å². The molecular formula is C29H28O12. The summed E-state index contributed by atoms with van der Waals surface area (Å²) in [5.74, 6) is -2.77. The summed E-state index contributed by atoms with van der Waals surface area (Å²) >= 11 is 0. The summed E-state index contributed by atoms with van der Waals surface area (Å²) < 4.78 is 38.9. The van der Waals surface area contributed by atoms with Gasteiger partial charge in [0, 0.05) is 33.8 Å². The average molecular weight is 569 g/mol. The molecule has 5 atom stereocenters. The molecule has 1 fully saturated rings. The van der Waals surface area contributed by atoms with Crippen molar-refractivity contribution >= 4 is 34.8 Å². The SMILES string of the molecule is CC(=O)OC[C@H]1O[C@@H](Oc2ccc3c(=O)c(-c4ccccc4)coc3c2)[C@@H](OC(C)=O)[C@@H](OC(C)=O)[C@@H]1OC(C)=O. The Morgan fingerprint density at radius 3 is 2.05 bits per heavy atom. The summed E-state index contributed by atoms with van der Waals surface area (Å²) in [5.41, 5.74) is 1.03. The number of fused-ring (bicyclic) bond motifs is 1. The first-order chi connectivity index (χ1) is 19.5. The van der Waals surface area contributed by atoms with E-state index < -0.39 is 61.2 Å². The van der Waals surface area contributed by atoms with Crippen LogP contribution in [0.3, 0.4) is 0 Å². The monoisotopic (exact) mass is 568 g/mol. The normalized spacial score (nSPS) is 21.9. The molecule has 0 bridgehead atoms. The average Bonchev–Trinajstić information content (AvgIpc) is 2.91. The molecule has 0 spiro atoms. The van der Waals surface area contributed by atoms with E-state index in [2.05, 4.69) is 0 Å². The molecule has 41 heavy (non-hydrogen) atoms. The fourth-order valence-electron chi connectivity index (χ4n) is 4.42. The van der Waals surface area contributed by atoms with Crippen LogP contribution in [-0.4, -0.2) is 61.2 Å². The number of esters is 4. The lowest BCUT2D eigenvalue weighted by Crippen LogP contribution is -2.63. The third kappa shape index (κ3) is 7.09. The van der Waals surface area contributed by atoms with Gasteiger partial charge in [0.25, 0.3) is 0 Å². The van der Waals surface area contributed by atoms with Gasteiger partial charge >= 0.3 is 23.9 Å². The van der Waals surface area contributed by atoms with Crippen LogP contribution in [-0.2, 0) is 42.9 Å². The van der Waals surface area contributed by atoms with E-state index in [1.54, 1.807) is 12.1 Å². The second-order valence-electron chi connectivity index (χ2n) is 9.19. The Labute approximate surface area is 234 Å². The second kappa shape index (κ2) is 12.6. The summed E-state index contributed by atoms with van der Waals surface area (Å²) in [6.07, 6.45) is -5.35. The van der Waals surface area contributed by atoms with E-state index in [4.69, 9.17) is 32.8 Å². The van der Waals surface area contributed by atoms with Crippen LogP contribution in [0.4, 0.5) is 0 Å². The fraction of sp³-hybridized carbons (Fsp3) is 0.345. The Hall–Kier alpha value is -4.71. The molecule has 2 heterocycles.